The highest BCUT2D eigenvalue weighted by atomic mass is 14.8. The van der Waals surface area contributed by atoms with E-state index in [-0.39, 0.29) is 0 Å². The summed E-state index contributed by atoms with van der Waals surface area (Å²) in [6, 6.07) is 0. The summed E-state index contributed by atoms with van der Waals surface area (Å²) in [5.41, 5.74) is 1.31. The van der Waals surface area contributed by atoms with Crippen molar-refractivity contribution in [2.45, 2.75) is 46.5 Å². The van der Waals surface area contributed by atoms with Gasteiger partial charge in [0.1, 0.15) is 0 Å². The fraction of sp³-hybridized carbons (Fsp3) is 0.833. The lowest BCUT2D eigenvalue weighted by molar-refractivity contribution is 0.525. The molecule has 0 aliphatic heterocycles. The summed E-state index contributed by atoms with van der Waals surface area (Å²) in [4.78, 5) is 0. The molecule has 0 bridgehead atoms. The van der Waals surface area contributed by atoms with Gasteiger partial charge >= 0.3 is 0 Å². The van der Waals surface area contributed by atoms with Crippen molar-refractivity contribution in [3.05, 3.63) is 12.2 Å². The molecule has 0 spiro atoms. The zero-order valence-corrected chi connectivity index (χ0v) is 9.53. The van der Waals surface area contributed by atoms with Gasteiger partial charge in [0.2, 0.25) is 0 Å². The molecule has 0 saturated heterocycles. The molecular weight excluding hydrogens is 158 g/mol. The zero-order valence-electron chi connectivity index (χ0n) is 9.53. The lowest BCUT2D eigenvalue weighted by Crippen LogP contribution is -2.17. The van der Waals surface area contributed by atoms with E-state index in [0.717, 1.165) is 25.4 Å². The van der Waals surface area contributed by atoms with Crippen LogP contribution in [0, 0.1) is 5.92 Å². The first-order chi connectivity index (χ1) is 6.16. The van der Waals surface area contributed by atoms with Crippen molar-refractivity contribution in [2.75, 3.05) is 13.1 Å². The number of rotatable bonds is 8. The van der Waals surface area contributed by atoms with Crippen LogP contribution in [0.15, 0.2) is 12.2 Å². The van der Waals surface area contributed by atoms with Crippen LogP contribution in [-0.2, 0) is 0 Å². The van der Waals surface area contributed by atoms with E-state index >= 15 is 0 Å². The van der Waals surface area contributed by atoms with E-state index in [1.165, 1.54) is 24.8 Å². The van der Waals surface area contributed by atoms with Gasteiger partial charge in [-0.1, -0.05) is 45.8 Å². The van der Waals surface area contributed by atoms with E-state index in [9.17, 15) is 0 Å². The molecule has 13 heavy (non-hydrogen) atoms. The molecule has 0 atom stereocenters. The molecule has 1 nitrogen and oxygen atoms in total. The van der Waals surface area contributed by atoms with Gasteiger partial charge in [0.25, 0.3) is 0 Å². The van der Waals surface area contributed by atoms with E-state index in [1.54, 1.807) is 0 Å². The van der Waals surface area contributed by atoms with Crippen molar-refractivity contribution in [3.63, 3.8) is 0 Å². The quantitative estimate of drug-likeness (QED) is 0.449. The van der Waals surface area contributed by atoms with Crippen LogP contribution in [0.2, 0.25) is 0 Å². The van der Waals surface area contributed by atoms with Crippen LogP contribution in [0.3, 0.4) is 0 Å². The Morgan fingerprint density at radius 1 is 1.31 bits per heavy atom. The predicted octanol–water partition coefficient (Wildman–Crippen LogP) is 3.37. The summed E-state index contributed by atoms with van der Waals surface area (Å²) in [6.45, 7) is 12.8. The molecule has 0 unspecified atom stereocenters. The Kier molecular flexibility index (Phi) is 8.11. The van der Waals surface area contributed by atoms with Crippen LogP contribution in [0.4, 0.5) is 0 Å². The summed E-state index contributed by atoms with van der Waals surface area (Å²) < 4.78 is 0. The number of hydrogen-bond acceptors (Lipinski definition) is 1. The normalized spacial score (nSPS) is 10.8. The Hall–Kier alpha value is -0.300. The maximum atomic E-state index is 3.96. The fourth-order valence-corrected chi connectivity index (χ4v) is 1.19. The number of hydrogen-bond donors (Lipinski definition) is 1. The van der Waals surface area contributed by atoms with Crippen LogP contribution in [0.5, 0.6) is 0 Å². The smallest absolute Gasteiger partial charge is 0.0161 e. The van der Waals surface area contributed by atoms with Crippen LogP contribution < -0.4 is 5.32 Å². The molecule has 1 N–H and O–H groups in total. The van der Waals surface area contributed by atoms with Gasteiger partial charge in [0.05, 0.1) is 0 Å². The van der Waals surface area contributed by atoms with E-state index in [4.69, 9.17) is 0 Å². The highest BCUT2D eigenvalue weighted by Gasteiger charge is 1.94. The highest BCUT2D eigenvalue weighted by Crippen LogP contribution is 2.05. The van der Waals surface area contributed by atoms with Crippen LogP contribution in [0.25, 0.3) is 0 Å². The van der Waals surface area contributed by atoms with Crippen molar-refractivity contribution in [2.24, 2.45) is 5.92 Å². The Labute approximate surface area is 83.6 Å². The van der Waals surface area contributed by atoms with E-state index < -0.39 is 0 Å². The Morgan fingerprint density at radius 2 is 2.00 bits per heavy atom. The molecule has 0 fully saturated rings. The molecule has 0 amide bonds. The van der Waals surface area contributed by atoms with Gasteiger partial charge in [0.15, 0.2) is 0 Å². The van der Waals surface area contributed by atoms with Crippen LogP contribution in [-0.4, -0.2) is 13.1 Å². The Balaban J connectivity index is 3.04. The molecule has 0 aromatic rings. The third-order valence-electron chi connectivity index (χ3n) is 2.26. The molecule has 0 saturated carbocycles. The average molecular weight is 183 g/mol. The van der Waals surface area contributed by atoms with Gasteiger partial charge in [-0.2, -0.15) is 0 Å². The minimum absolute atomic E-state index is 0.852. The maximum Gasteiger partial charge on any atom is 0.0161 e. The molecule has 0 radical (unpaired) electrons. The minimum Gasteiger partial charge on any atom is -0.313 e. The number of unbranched alkanes of at least 4 members (excludes halogenated alkanes) is 1. The topological polar surface area (TPSA) is 12.0 Å². The fourth-order valence-electron chi connectivity index (χ4n) is 1.19. The molecule has 0 aromatic carbocycles. The largest absolute Gasteiger partial charge is 0.313 e. The lowest BCUT2D eigenvalue weighted by Gasteiger charge is -2.06. The molecule has 0 aliphatic carbocycles. The summed E-state index contributed by atoms with van der Waals surface area (Å²) in [7, 11) is 0. The molecule has 0 aliphatic rings. The van der Waals surface area contributed by atoms with E-state index in [1.807, 2.05) is 0 Å². The molecule has 0 aromatic heterocycles. The third-order valence-corrected chi connectivity index (χ3v) is 2.26. The van der Waals surface area contributed by atoms with Crippen molar-refractivity contribution in [3.8, 4) is 0 Å². The summed E-state index contributed by atoms with van der Waals surface area (Å²) in [5, 5.41) is 3.41. The zero-order chi connectivity index (χ0) is 10.1. The van der Waals surface area contributed by atoms with Gasteiger partial charge in [-0.3, -0.25) is 0 Å². The minimum atomic E-state index is 0.852. The first-order valence-corrected chi connectivity index (χ1v) is 5.54. The summed E-state index contributed by atoms with van der Waals surface area (Å²) >= 11 is 0. The van der Waals surface area contributed by atoms with Crippen molar-refractivity contribution in [1.29, 1.82) is 0 Å². The van der Waals surface area contributed by atoms with E-state index in [0.29, 0.717) is 0 Å². The second-order valence-corrected chi connectivity index (χ2v) is 4.17. The van der Waals surface area contributed by atoms with Gasteiger partial charge in [0, 0.05) is 6.54 Å². The standard InChI is InChI=1S/C12H25N/c1-5-12(4)10-13-9-7-6-8-11(2)3/h11,13H,4-10H2,1-3H3. The second kappa shape index (κ2) is 8.31. The Morgan fingerprint density at radius 3 is 2.54 bits per heavy atom. The van der Waals surface area contributed by atoms with Crippen molar-refractivity contribution >= 4 is 0 Å². The summed E-state index contributed by atoms with van der Waals surface area (Å²) in [6.07, 6.45) is 5.11. The third kappa shape index (κ3) is 9.62. The van der Waals surface area contributed by atoms with Gasteiger partial charge in [-0.15, -0.1) is 0 Å². The number of nitrogens with one attached hydrogen (secondary N) is 1. The molecule has 1 heteroatoms. The van der Waals surface area contributed by atoms with Crippen LogP contribution >= 0.6 is 0 Å². The first-order valence-electron chi connectivity index (χ1n) is 5.54. The monoisotopic (exact) mass is 183 g/mol. The van der Waals surface area contributed by atoms with Crippen molar-refractivity contribution < 1.29 is 0 Å². The first kappa shape index (κ1) is 12.7. The SMILES string of the molecule is C=C(CC)CNCCCCC(C)C. The van der Waals surface area contributed by atoms with Crippen molar-refractivity contribution in [1.82, 2.24) is 5.32 Å². The maximum absolute atomic E-state index is 3.96. The van der Waals surface area contributed by atoms with Gasteiger partial charge < -0.3 is 5.32 Å². The molecule has 0 rings (SSSR count). The Bertz CT molecular complexity index is 127. The molecule has 0 heterocycles. The van der Waals surface area contributed by atoms with Gasteiger partial charge in [-0.05, 0) is 25.3 Å². The summed E-state index contributed by atoms with van der Waals surface area (Å²) in [5.74, 6) is 0.852. The van der Waals surface area contributed by atoms with Gasteiger partial charge in [-0.25, -0.2) is 0 Å². The van der Waals surface area contributed by atoms with Crippen LogP contribution in [0.1, 0.15) is 46.5 Å². The predicted molar refractivity (Wildman–Crippen MR) is 61.0 cm³/mol. The highest BCUT2D eigenvalue weighted by molar-refractivity contribution is 4.94. The average Bonchev–Trinajstić information content (AvgIpc) is 2.10. The lowest BCUT2D eigenvalue weighted by atomic mass is 10.1. The second-order valence-electron chi connectivity index (χ2n) is 4.17. The van der Waals surface area contributed by atoms with E-state index in [2.05, 4.69) is 32.7 Å². The molecular formula is C12H25N. The molecule has 78 valence electrons.